The van der Waals surface area contributed by atoms with Crippen LogP contribution >= 0.6 is 23.2 Å². The monoisotopic (exact) mass is 271 g/mol. The summed E-state index contributed by atoms with van der Waals surface area (Å²) in [5, 5.41) is 4.92. The molecule has 94 valence electrons. The second kappa shape index (κ2) is 5.60. The average molecular weight is 272 g/mol. The zero-order valence-corrected chi connectivity index (χ0v) is 11.7. The van der Waals surface area contributed by atoms with Gasteiger partial charge in [0.05, 0.1) is 10.0 Å². The number of rotatable bonds is 3. The Balaban J connectivity index is 1.94. The van der Waals surface area contributed by atoms with Crippen molar-refractivity contribution in [2.75, 3.05) is 0 Å². The highest BCUT2D eigenvalue weighted by Crippen LogP contribution is 2.28. The van der Waals surface area contributed by atoms with Crippen LogP contribution in [-0.2, 0) is 6.54 Å². The topological polar surface area (TPSA) is 12.0 Å². The van der Waals surface area contributed by atoms with Crippen molar-refractivity contribution in [1.82, 2.24) is 5.32 Å². The molecule has 0 saturated heterocycles. The zero-order valence-electron chi connectivity index (χ0n) is 10.2. The first-order valence-electron chi connectivity index (χ1n) is 6.28. The van der Waals surface area contributed by atoms with Crippen LogP contribution in [0.5, 0.6) is 0 Å². The third-order valence-electron chi connectivity index (χ3n) is 3.66. The van der Waals surface area contributed by atoms with Gasteiger partial charge in [0.15, 0.2) is 0 Å². The minimum atomic E-state index is 0.296. The number of benzene rings is 1. The predicted octanol–water partition coefficient (Wildman–Crippen LogP) is 4.81. The maximum atomic E-state index is 6.01. The Hall–Kier alpha value is -0.240. The van der Waals surface area contributed by atoms with Crippen molar-refractivity contribution in [3.63, 3.8) is 0 Å². The lowest BCUT2D eigenvalue weighted by Crippen LogP contribution is -2.43. The Labute approximate surface area is 114 Å². The molecule has 0 unspecified atom stereocenters. The molecule has 0 amide bonds. The molecule has 1 aliphatic carbocycles. The van der Waals surface area contributed by atoms with Gasteiger partial charge >= 0.3 is 0 Å². The summed E-state index contributed by atoms with van der Waals surface area (Å²) in [4.78, 5) is 0. The standard InChI is InChI=1S/C14H19Cl2N/c1-14(7-3-2-4-8-14)17-10-11-5-6-12(15)13(16)9-11/h5-6,9,17H,2-4,7-8,10H2,1H3. The molecule has 3 heteroatoms. The summed E-state index contributed by atoms with van der Waals surface area (Å²) in [6.45, 7) is 3.19. The van der Waals surface area contributed by atoms with Gasteiger partial charge in [-0.2, -0.15) is 0 Å². The zero-order chi connectivity index (χ0) is 12.3. The molecule has 0 atom stereocenters. The molecule has 0 bridgehead atoms. The van der Waals surface area contributed by atoms with E-state index in [1.165, 1.54) is 37.7 Å². The molecule has 0 aromatic heterocycles. The number of hydrogen-bond donors (Lipinski definition) is 1. The van der Waals surface area contributed by atoms with Crippen molar-refractivity contribution in [2.45, 2.75) is 51.1 Å². The van der Waals surface area contributed by atoms with Crippen LogP contribution in [0.15, 0.2) is 18.2 Å². The minimum Gasteiger partial charge on any atom is -0.307 e. The van der Waals surface area contributed by atoms with Crippen molar-refractivity contribution in [2.24, 2.45) is 0 Å². The Morgan fingerprint density at radius 1 is 1.12 bits per heavy atom. The molecule has 1 aromatic carbocycles. The molecule has 17 heavy (non-hydrogen) atoms. The van der Waals surface area contributed by atoms with E-state index in [0.29, 0.717) is 15.6 Å². The largest absolute Gasteiger partial charge is 0.307 e. The molecule has 2 rings (SSSR count). The van der Waals surface area contributed by atoms with Crippen LogP contribution in [0, 0.1) is 0 Å². The fourth-order valence-corrected chi connectivity index (χ4v) is 2.79. The van der Waals surface area contributed by atoms with E-state index < -0.39 is 0 Å². The van der Waals surface area contributed by atoms with Crippen molar-refractivity contribution in [3.8, 4) is 0 Å². The number of hydrogen-bond acceptors (Lipinski definition) is 1. The Morgan fingerprint density at radius 2 is 1.82 bits per heavy atom. The van der Waals surface area contributed by atoms with Gasteiger partial charge in [0.2, 0.25) is 0 Å². The van der Waals surface area contributed by atoms with Crippen molar-refractivity contribution in [1.29, 1.82) is 0 Å². The Morgan fingerprint density at radius 3 is 2.47 bits per heavy atom. The van der Waals surface area contributed by atoms with Gasteiger partial charge < -0.3 is 5.32 Å². The number of halogens is 2. The highest BCUT2D eigenvalue weighted by molar-refractivity contribution is 6.42. The second-order valence-corrected chi connectivity index (χ2v) is 6.04. The van der Waals surface area contributed by atoms with Crippen molar-refractivity contribution < 1.29 is 0 Å². The summed E-state index contributed by atoms with van der Waals surface area (Å²) in [5.74, 6) is 0. The van der Waals surface area contributed by atoms with Crippen LogP contribution < -0.4 is 5.32 Å². The normalized spacial score (nSPS) is 19.2. The van der Waals surface area contributed by atoms with Crippen LogP contribution in [0.2, 0.25) is 10.0 Å². The quantitative estimate of drug-likeness (QED) is 0.832. The summed E-state index contributed by atoms with van der Waals surface area (Å²) in [6.07, 6.45) is 6.60. The molecule has 0 heterocycles. The molecular formula is C14H19Cl2N. The maximum absolute atomic E-state index is 6.01. The molecule has 1 aliphatic rings. The fraction of sp³-hybridized carbons (Fsp3) is 0.571. The van der Waals surface area contributed by atoms with Gasteiger partial charge in [-0.15, -0.1) is 0 Å². The SMILES string of the molecule is CC1(NCc2ccc(Cl)c(Cl)c2)CCCCC1. The molecule has 0 aliphatic heterocycles. The molecule has 1 fully saturated rings. The molecule has 1 aromatic rings. The molecule has 1 nitrogen and oxygen atoms in total. The van der Waals surface area contributed by atoms with Gasteiger partial charge in [0.25, 0.3) is 0 Å². The Kier molecular flexibility index (Phi) is 4.35. The summed E-state index contributed by atoms with van der Waals surface area (Å²) in [6, 6.07) is 5.85. The maximum Gasteiger partial charge on any atom is 0.0595 e. The Bertz CT molecular complexity index is 384. The van der Waals surface area contributed by atoms with E-state index in [9.17, 15) is 0 Å². The van der Waals surface area contributed by atoms with Gasteiger partial charge in [-0.25, -0.2) is 0 Å². The third-order valence-corrected chi connectivity index (χ3v) is 4.40. The molecule has 0 spiro atoms. The summed E-state index contributed by atoms with van der Waals surface area (Å²) in [5.41, 5.74) is 1.50. The first kappa shape index (κ1) is 13.2. The van der Waals surface area contributed by atoms with Crippen LogP contribution in [0.4, 0.5) is 0 Å². The van der Waals surface area contributed by atoms with Gasteiger partial charge in [-0.05, 0) is 37.5 Å². The second-order valence-electron chi connectivity index (χ2n) is 5.22. The van der Waals surface area contributed by atoms with Crippen LogP contribution in [0.3, 0.4) is 0 Å². The van der Waals surface area contributed by atoms with Gasteiger partial charge in [0, 0.05) is 12.1 Å². The first-order valence-corrected chi connectivity index (χ1v) is 7.04. The smallest absolute Gasteiger partial charge is 0.0595 e. The van der Waals surface area contributed by atoms with E-state index in [1.807, 2.05) is 18.2 Å². The van der Waals surface area contributed by atoms with E-state index in [2.05, 4.69) is 12.2 Å². The van der Waals surface area contributed by atoms with Crippen LogP contribution in [-0.4, -0.2) is 5.54 Å². The van der Waals surface area contributed by atoms with E-state index >= 15 is 0 Å². The fourth-order valence-electron chi connectivity index (χ4n) is 2.47. The molecule has 0 radical (unpaired) electrons. The summed E-state index contributed by atoms with van der Waals surface area (Å²) in [7, 11) is 0. The summed E-state index contributed by atoms with van der Waals surface area (Å²) >= 11 is 11.9. The average Bonchev–Trinajstić information content (AvgIpc) is 2.32. The van der Waals surface area contributed by atoms with Gasteiger partial charge in [-0.1, -0.05) is 48.5 Å². The minimum absolute atomic E-state index is 0.296. The van der Waals surface area contributed by atoms with E-state index in [-0.39, 0.29) is 0 Å². The van der Waals surface area contributed by atoms with E-state index in [4.69, 9.17) is 23.2 Å². The van der Waals surface area contributed by atoms with E-state index in [0.717, 1.165) is 6.54 Å². The lowest BCUT2D eigenvalue weighted by atomic mass is 9.83. The molecule has 1 N–H and O–H groups in total. The first-order chi connectivity index (χ1) is 8.09. The van der Waals surface area contributed by atoms with E-state index in [1.54, 1.807) is 0 Å². The van der Waals surface area contributed by atoms with Crippen molar-refractivity contribution in [3.05, 3.63) is 33.8 Å². The summed E-state index contributed by atoms with van der Waals surface area (Å²) < 4.78 is 0. The van der Waals surface area contributed by atoms with Crippen molar-refractivity contribution >= 4 is 23.2 Å². The number of nitrogens with one attached hydrogen (secondary N) is 1. The molecule has 1 saturated carbocycles. The van der Waals surface area contributed by atoms with Crippen LogP contribution in [0.1, 0.15) is 44.6 Å². The lowest BCUT2D eigenvalue weighted by Gasteiger charge is -2.34. The van der Waals surface area contributed by atoms with Gasteiger partial charge in [0.1, 0.15) is 0 Å². The highest BCUT2D eigenvalue weighted by Gasteiger charge is 2.25. The molecular weight excluding hydrogens is 253 g/mol. The van der Waals surface area contributed by atoms with Gasteiger partial charge in [-0.3, -0.25) is 0 Å². The predicted molar refractivity (Wildman–Crippen MR) is 74.8 cm³/mol. The highest BCUT2D eigenvalue weighted by atomic mass is 35.5. The third kappa shape index (κ3) is 3.61. The van der Waals surface area contributed by atoms with Crippen LogP contribution in [0.25, 0.3) is 0 Å². The lowest BCUT2D eigenvalue weighted by molar-refractivity contribution is 0.252.